The van der Waals surface area contributed by atoms with Crippen LogP contribution in [0.25, 0.3) is 10.9 Å². The predicted molar refractivity (Wildman–Crippen MR) is 61.7 cm³/mol. The molecule has 1 unspecified atom stereocenters. The molecule has 0 aliphatic carbocycles. The largest absolute Gasteiger partial charge is 0.479 e. The maximum atomic E-state index is 12.9. The van der Waals surface area contributed by atoms with Crippen molar-refractivity contribution in [3.63, 3.8) is 0 Å². The number of nitrogens with one attached hydrogen (secondary N) is 1. The van der Waals surface area contributed by atoms with Crippen LogP contribution in [0, 0.1) is 0 Å². The van der Waals surface area contributed by atoms with E-state index in [-0.39, 0.29) is 0 Å². The van der Waals surface area contributed by atoms with Crippen molar-refractivity contribution in [3.05, 3.63) is 30.5 Å². The lowest BCUT2D eigenvalue weighted by Crippen LogP contribution is -2.22. The third-order valence-corrected chi connectivity index (χ3v) is 3.15. The van der Waals surface area contributed by atoms with E-state index in [2.05, 4.69) is 4.98 Å². The minimum absolute atomic E-state index is 0.523. The number of aromatic amines is 1. The first-order valence-corrected chi connectivity index (χ1v) is 5.56. The number of hydrogen-bond donors (Lipinski definition) is 2. The molecular formula is C11H8FNO3S. The van der Waals surface area contributed by atoms with Crippen LogP contribution in [0.5, 0.6) is 0 Å². The van der Waals surface area contributed by atoms with Crippen molar-refractivity contribution < 1.29 is 19.1 Å². The van der Waals surface area contributed by atoms with E-state index in [1.165, 1.54) is 0 Å². The van der Waals surface area contributed by atoms with Crippen molar-refractivity contribution in [2.24, 2.45) is 0 Å². The predicted octanol–water partition coefficient (Wildman–Crippen LogP) is 2.21. The van der Waals surface area contributed by atoms with Crippen LogP contribution >= 0.6 is 11.8 Å². The fourth-order valence-electron chi connectivity index (χ4n) is 1.39. The Bertz CT molecular complexity index is 581. The Hall–Kier alpha value is -1.82. The van der Waals surface area contributed by atoms with Gasteiger partial charge in [-0.05, 0) is 17.8 Å². The number of alkyl halides is 1. The summed E-state index contributed by atoms with van der Waals surface area (Å²) in [5.41, 5.74) is 0.813. The second-order valence-corrected chi connectivity index (χ2v) is 4.37. The molecule has 17 heavy (non-hydrogen) atoms. The molecule has 0 bridgehead atoms. The fourth-order valence-corrected chi connectivity index (χ4v) is 2.22. The molecule has 0 radical (unpaired) electrons. The van der Waals surface area contributed by atoms with Gasteiger partial charge in [0.2, 0.25) is 5.12 Å². The van der Waals surface area contributed by atoms with Gasteiger partial charge >= 0.3 is 5.97 Å². The van der Waals surface area contributed by atoms with Gasteiger partial charge in [0.1, 0.15) is 0 Å². The van der Waals surface area contributed by atoms with Crippen LogP contribution in [-0.4, -0.2) is 27.3 Å². The number of benzene rings is 1. The van der Waals surface area contributed by atoms with Crippen LogP contribution < -0.4 is 0 Å². The summed E-state index contributed by atoms with van der Waals surface area (Å²) >= 11 is 0.590. The molecule has 1 aromatic carbocycles. The summed E-state index contributed by atoms with van der Waals surface area (Å²) in [5.74, 6) is -1.76. The highest BCUT2D eigenvalue weighted by Gasteiger charge is 2.26. The molecule has 1 atom stereocenters. The van der Waals surface area contributed by atoms with Gasteiger partial charge in [0.05, 0.1) is 0 Å². The van der Waals surface area contributed by atoms with Crippen LogP contribution in [0.1, 0.15) is 0 Å². The van der Waals surface area contributed by atoms with Gasteiger partial charge in [-0.3, -0.25) is 4.79 Å². The van der Waals surface area contributed by atoms with Gasteiger partial charge in [0.15, 0.2) is 0 Å². The van der Waals surface area contributed by atoms with Crippen LogP contribution in [0.2, 0.25) is 0 Å². The summed E-state index contributed by atoms with van der Waals surface area (Å²) in [7, 11) is 0. The van der Waals surface area contributed by atoms with Crippen molar-refractivity contribution >= 4 is 33.7 Å². The minimum Gasteiger partial charge on any atom is -0.479 e. The van der Waals surface area contributed by atoms with Gasteiger partial charge < -0.3 is 10.1 Å². The molecule has 2 N–H and O–H groups in total. The Morgan fingerprint density at radius 3 is 2.76 bits per heavy atom. The van der Waals surface area contributed by atoms with E-state index in [1.807, 2.05) is 12.1 Å². The zero-order chi connectivity index (χ0) is 12.4. The number of carboxylic acids is 1. The Kier molecular flexibility index (Phi) is 3.14. The van der Waals surface area contributed by atoms with E-state index in [0.717, 1.165) is 10.9 Å². The molecule has 88 valence electrons. The van der Waals surface area contributed by atoms with Crippen LogP contribution in [0.15, 0.2) is 35.4 Å². The SMILES string of the molecule is O=C(O)C(F)C(=O)Sc1c[nH]c2ccccc12. The Morgan fingerprint density at radius 1 is 1.35 bits per heavy atom. The van der Waals surface area contributed by atoms with Crippen molar-refractivity contribution in [3.8, 4) is 0 Å². The molecule has 6 heteroatoms. The highest BCUT2D eigenvalue weighted by Crippen LogP contribution is 2.29. The second-order valence-electron chi connectivity index (χ2n) is 3.32. The number of para-hydroxylation sites is 1. The lowest BCUT2D eigenvalue weighted by atomic mass is 10.2. The number of carboxylic acid groups (broad SMARTS) is 1. The Morgan fingerprint density at radius 2 is 2.06 bits per heavy atom. The minimum atomic E-state index is -2.49. The maximum absolute atomic E-state index is 12.9. The number of rotatable bonds is 3. The summed E-state index contributed by atoms with van der Waals surface area (Å²) in [6, 6.07) is 7.20. The van der Waals surface area contributed by atoms with Crippen molar-refractivity contribution in [2.45, 2.75) is 11.1 Å². The number of carbonyl (C=O) groups excluding carboxylic acids is 1. The van der Waals surface area contributed by atoms with Crippen LogP contribution in [0.3, 0.4) is 0 Å². The molecule has 0 spiro atoms. The van der Waals surface area contributed by atoms with Crippen molar-refractivity contribution in [1.82, 2.24) is 4.98 Å². The maximum Gasteiger partial charge on any atom is 0.347 e. The summed E-state index contributed by atoms with van der Waals surface area (Å²) in [4.78, 5) is 25.0. The molecule has 4 nitrogen and oxygen atoms in total. The molecule has 0 saturated carbocycles. The average Bonchev–Trinajstić information content (AvgIpc) is 2.71. The van der Waals surface area contributed by atoms with E-state index in [9.17, 15) is 14.0 Å². The van der Waals surface area contributed by atoms with Crippen LogP contribution in [0.4, 0.5) is 4.39 Å². The Balaban J connectivity index is 2.24. The molecular weight excluding hydrogens is 245 g/mol. The molecule has 0 saturated heterocycles. The first-order chi connectivity index (χ1) is 8.09. The molecule has 1 aromatic heterocycles. The first-order valence-electron chi connectivity index (χ1n) is 4.74. The number of aliphatic carboxylic acids is 1. The molecule has 2 aromatic rings. The molecule has 0 aliphatic rings. The highest BCUT2D eigenvalue weighted by atomic mass is 32.2. The summed E-state index contributed by atoms with van der Waals surface area (Å²) in [5, 5.41) is 8.12. The first kappa shape index (κ1) is 11.7. The number of halogens is 1. The summed E-state index contributed by atoms with van der Waals surface area (Å²) in [6.07, 6.45) is -0.935. The number of fused-ring (bicyclic) bond motifs is 1. The summed E-state index contributed by atoms with van der Waals surface area (Å²) in [6.45, 7) is 0. The fraction of sp³-hybridized carbons (Fsp3) is 0.0909. The normalized spacial score (nSPS) is 12.5. The standard InChI is InChI=1S/C11H8FNO3S/c12-9(10(14)15)11(16)17-8-5-13-7-4-2-1-3-6(7)8/h1-5,9,13H,(H,14,15). The lowest BCUT2D eigenvalue weighted by Gasteiger charge is -2.00. The third-order valence-electron chi connectivity index (χ3n) is 2.19. The number of thioether (sulfide) groups is 1. The van der Waals surface area contributed by atoms with Gasteiger partial charge in [0, 0.05) is 22.0 Å². The topological polar surface area (TPSA) is 70.2 Å². The van der Waals surface area contributed by atoms with E-state index in [1.54, 1.807) is 18.3 Å². The molecule has 0 fully saturated rings. The van der Waals surface area contributed by atoms with Crippen molar-refractivity contribution in [1.29, 1.82) is 0 Å². The zero-order valence-electron chi connectivity index (χ0n) is 8.51. The van der Waals surface area contributed by atoms with E-state index in [0.29, 0.717) is 16.7 Å². The monoisotopic (exact) mass is 253 g/mol. The highest BCUT2D eigenvalue weighted by molar-refractivity contribution is 8.14. The zero-order valence-corrected chi connectivity index (χ0v) is 9.33. The second kappa shape index (κ2) is 4.58. The molecule has 1 heterocycles. The van der Waals surface area contributed by atoms with E-state index < -0.39 is 17.3 Å². The van der Waals surface area contributed by atoms with Gasteiger partial charge in [-0.15, -0.1) is 0 Å². The molecule has 0 aliphatic heterocycles. The molecule has 0 amide bonds. The average molecular weight is 253 g/mol. The number of H-pyrrole nitrogens is 1. The van der Waals surface area contributed by atoms with Crippen LogP contribution in [-0.2, 0) is 9.59 Å². The smallest absolute Gasteiger partial charge is 0.347 e. The quantitative estimate of drug-likeness (QED) is 0.650. The Labute approximate surface area is 99.8 Å². The lowest BCUT2D eigenvalue weighted by molar-refractivity contribution is -0.145. The summed E-state index contributed by atoms with van der Waals surface area (Å²) < 4.78 is 12.9. The van der Waals surface area contributed by atoms with Gasteiger partial charge in [0.25, 0.3) is 6.17 Å². The van der Waals surface area contributed by atoms with E-state index in [4.69, 9.17) is 5.11 Å². The van der Waals surface area contributed by atoms with Gasteiger partial charge in [-0.1, -0.05) is 18.2 Å². The van der Waals surface area contributed by atoms with Crippen molar-refractivity contribution in [2.75, 3.05) is 0 Å². The number of aromatic nitrogens is 1. The number of hydrogen-bond acceptors (Lipinski definition) is 3. The number of carbonyl (C=O) groups is 2. The molecule has 2 rings (SSSR count). The van der Waals surface area contributed by atoms with E-state index >= 15 is 0 Å². The van der Waals surface area contributed by atoms with Gasteiger partial charge in [-0.2, -0.15) is 0 Å². The third kappa shape index (κ3) is 2.31. The van der Waals surface area contributed by atoms with Gasteiger partial charge in [-0.25, -0.2) is 9.18 Å².